The highest BCUT2D eigenvalue weighted by atomic mass is 32.2. The summed E-state index contributed by atoms with van der Waals surface area (Å²) in [5.74, 6) is 1.37. The minimum Gasteiger partial charge on any atom is -0.349 e. The molecule has 100 valence electrons. The number of aryl methyl sites for hydroxylation is 1. The van der Waals surface area contributed by atoms with Gasteiger partial charge in [0, 0.05) is 17.8 Å². The maximum atomic E-state index is 11.7. The number of benzene rings is 1. The van der Waals surface area contributed by atoms with Gasteiger partial charge in [0.15, 0.2) is 0 Å². The van der Waals surface area contributed by atoms with Gasteiger partial charge in [-0.3, -0.25) is 4.79 Å². The van der Waals surface area contributed by atoms with Crippen molar-refractivity contribution in [1.29, 1.82) is 0 Å². The fourth-order valence-corrected chi connectivity index (χ4v) is 2.30. The molecule has 3 nitrogen and oxygen atoms in total. The standard InChI is InChI=1S/C14H22N2OS/c1-11-5-4-6-12(7-11)8-18-9-13(17)16-14(2,3)10-15/h4-7H,8-10,15H2,1-3H3,(H,16,17). The minimum atomic E-state index is -0.318. The lowest BCUT2D eigenvalue weighted by Crippen LogP contribution is -2.49. The molecular weight excluding hydrogens is 244 g/mol. The Hall–Kier alpha value is -1.00. The van der Waals surface area contributed by atoms with Gasteiger partial charge in [-0.25, -0.2) is 0 Å². The van der Waals surface area contributed by atoms with Crippen molar-refractivity contribution in [3.63, 3.8) is 0 Å². The van der Waals surface area contributed by atoms with E-state index in [1.54, 1.807) is 11.8 Å². The fourth-order valence-electron chi connectivity index (χ4n) is 1.53. The predicted molar refractivity (Wildman–Crippen MR) is 78.6 cm³/mol. The van der Waals surface area contributed by atoms with Crippen LogP contribution in [0.5, 0.6) is 0 Å². The number of thioether (sulfide) groups is 1. The molecule has 18 heavy (non-hydrogen) atoms. The second-order valence-electron chi connectivity index (χ2n) is 5.12. The number of amides is 1. The van der Waals surface area contributed by atoms with Crippen LogP contribution in [0.25, 0.3) is 0 Å². The summed E-state index contributed by atoms with van der Waals surface area (Å²) in [4.78, 5) is 11.7. The van der Waals surface area contributed by atoms with E-state index in [9.17, 15) is 4.79 Å². The van der Waals surface area contributed by atoms with E-state index in [4.69, 9.17) is 5.73 Å². The maximum absolute atomic E-state index is 11.7. The van der Waals surface area contributed by atoms with E-state index < -0.39 is 0 Å². The number of nitrogens with one attached hydrogen (secondary N) is 1. The van der Waals surface area contributed by atoms with Gasteiger partial charge in [-0.05, 0) is 26.3 Å². The lowest BCUT2D eigenvalue weighted by atomic mass is 10.1. The molecule has 0 aliphatic heterocycles. The summed E-state index contributed by atoms with van der Waals surface area (Å²) in [7, 11) is 0. The summed E-state index contributed by atoms with van der Waals surface area (Å²) < 4.78 is 0. The van der Waals surface area contributed by atoms with Gasteiger partial charge in [0.1, 0.15) is 0 Å². The molecule has 0 radical (unpaired) electrons. The molecule has 0 atom stereocenters. The summed E-state index contributed by atoms with van der Waals surface area (Å²) in [6.07, 6.45) is 0. The van der Waals surface area contributed by atoms with Gasteiger partial charge in [-0.2, -0.15) is 0 Å². The number of hydrogen-bond acceptors (Lipinski definition) is 3. The minimum absolute atomic E-state index is 0.0445. The zero-order valence-corrected chi connectivity index (χ0v) is 12.1. The van der Waals surface area contributed by atoms with Gasteiger partial charge in [0.25, 0.3) is 0 Å². The number of carbonyl (C=O) groups is 1. The molecular formula is C14H22N2OS. The highest BCUT2D eigenvalue weighted by Crippen LogP contribution is 2.13. The van der Waals surface area contributed by atoms with E-state index in [1.807, 2.05) is 19.9 Å². The SMILES string of the molecule is Cc1cccc(CSCC(=O)NC(C)(C)CN)c1. The molecule has 0 saturated carbocycles. The first-order chi connectivity index (χ1) is 8.43. The molecule has 0 bridgehead atoms. The van der Waals surface area contributed by atoms with Crippen LogP contribution in [0.1, 0.15) is 25.0 Å². The first-order valence-corrected chi connectivity index (χ1v) is 7.23. The molecule has 0 aliphatic rings. The molecule has 0 fully saturated rings. The Bertz CT molecular complexity index is 405. The van der Waals surface area contributed by atoms with E-state index in [2.05, 4.69) is 30.4 Å². The molecule has 0 unspecified atom stereocenters. The summed E-state index contributed by atoms with van der Waals surface area (Å²) >= 11 is 1.62. The first-order valence-electron chi connectivity index (χ1n) is 6.07. The molecule has 4 heteroatoms. The predicted octanol–water partition coefficient (Wildman–Crippen LogP) is 2.08. The van der Waals surface area contributed by atoms with Crippen molar-refractivity contribution >= 4 is 17.7 Å². The van der Waals surface area contributed by atoms with E-state index >= 15 is 0 Å². The maximum Gasteiger partial charge on any atom is 0.230 e. The summed E-state index contributed by atoms with van der Waals surface area (Å²) in [6.45, 7) is 6.37. The van der Waals surface area contributed by atoms with Gasteiger partial charge in [0.2, 0.25) is 5.91 Å². The van der Waals surface area contributed by atoms with Gasteiger partial charge >= 0.3 is 0 Å². The van der Waals surface area contributed by atoms with E-state index in [1.165, 1.54) is 11.1 Å². The monoisotopic (exact) mass is 266 g/mol. The average molecular weight is 266 g/mol. The molecule has 1 amide bonds. The molecule has 3 N–H and O–H groups in total. The number of rotatable bonds is 6. The number of carbonyl (C=O) groups excluding carboxylic acids is 1. The van der Waals surface area contributed by atoms with E-state index in [-0.39, 0.29) is 11.4 Å². The van der Waals surface area contributed by atoms with Crippen LogP contribution >= 0.6 is 11.8 Å². The summed E-state index contributed by atoms with van der Waals surface area (Å²) in [5.41, 5.74) is 7.76. The summed E-state index contributed by atoms with van der Waals surface area (Å²) in [6, 6.07) is 8.35. The second kappa shape index (κ2) is 6.81. The van der Waals surface area contributed by atoms with Gasteiger partial charge < -0.3 is 11.1 Å². The topological polar surface area (TPSA) is 55.1 Å². The Balaban J connectivity index is 2.32. The molecule has 0 aliphatic carbocycles. The lowest BCUT2D eigenvalue weighted by molar-refractivity contribution is -0.120. The van der Waals surface area contributed by atoms with Crippen molar-refractivity contribution in [2.24, 2.45) is 5.73 Å². The quantitative estimate of drug-likeness (QED) is 0.829. The first kappa shape index (κ1) is 15.1. The zero-order valence-electron chi connectivity index (χ0n) is 11.3. The van der Waals surface area contributed by atoms with Crippen molar-refractivity contribution in [3.8, 4) is 0 Å². The van der Waals surface area contributed by atoms with Crippen LogP contribution in [0, 0.1) is 6.92 Å². The highest BCUT2D eigenvalue weighted by Gasteiger charge is 2.17. The van der Waals surface area contributed by atoms with E-state index in [0.29, 0.717) is 12.3 Å². The third kappa shape index (κ3) is 5.56. The second-order valence-corrected chi connectivity index (χ2v) is 6.10. The third-order valence-electron chi connectivity index (χ3n) is 2.57. The Kier molecular flexibility index (Phi) is 5.69. The van der Waals surface area contributed by atoms with Crippen LogP contribution in [0.4, 0.5) is 0 Å². The fraction of sp³-hybridized carbons (Fsp3) is 0.500. The van der Waals surface area contributed by atoms with Crippen LogP contribution in [-0.4, -0.2) is 23.7 Å². The third-order valence-corrected chi connectivity index (χ3v) is 3.58. The van der Waals surface area contributed by atoms with Crippen molar-refractivity contribution < 1.29 is 4.79 Å². The van der Waals surface area contributed by atoms with Crippen LogP contribution in [0.3, 0.4) is 0 Å². The molecule has 0 spiro atoms. The van der Waals surface area contributed by atoms with Crippen LogP contribution in [0.2, 0.25) is 0 Å². The largest absolute Gasteiger partial charge is 0.349 e. The van der Waals surface area contributed by atoms with Gasteiger partial charge in [0.05, 0.1) is 5.75 Å². The number of hydrogen-bond donors (Lipinski definition) is 2. The average Bonchev–Trinajstić information content (AvgIpc) is 2.28. The van der Waals surface area contributed by atoms with Crippen LogP contribution in [0.15, 0.2) is 24.3 Å². The van der Waals surface area contributed by atoms with Crippen LogP contribution in [-0.2, 0) is 10.5 Å². The Morgan fingerprint density at radius 3 is 2.78 bits per heavy atom. The molecule has 1 aromatic rings. The Morgan fingerprint density at radius 2 is 2.17 bits per heavy atom. The number of nitrogens with two attached hydrogens (primary N) is 1. The van der Waals surface area contributed by atoms with Crippen molar-refractivity contribution in [1.82, 2.24) is 5.32 Å². The Morgan fingerprint density at radius 1 is 1.44 bits per heavy atom. The Labute approximate surface area is 114 Å². The molecule has 0 aromatic heterocycles. The normalized spacial score (nSPS) is 11.3. The van der Waals surface area contributed by atoms with Gasteiger partial charge in [-0.1, -0.05) is 29.8 Å². The van der Waals surface area contributed by atoms with Gasteiger partial charge in [-0.15, -0.1) is 11.8 Å². The molecule has 1 aromatic carbocycles. The summed E-state index contributed by atoms with van der Waals surface area (Å²) in [5, 5.41) is 2.92. The van der Waals surface area contributed by atoms with Crippen molar-refractivity contribution in [2.75, 3.05) is 12.3 Å². The lowest BCUT2D eigenvalue weighted by Gasteiger charge is -2.24. The van der Waals surface area contributed by atoms with E-state index in [0.717, 1.165) is 5.75 Å². The zero-order chi connectivity index (χ0) is 13.6. The highest BCUT2D eigenvalue weighted by molar-refractivity contribution is 7.99. The van der Waals surface area contributed by atoms with Crippen molar-refractivity contribution in [3.05, 3.63) is 35.4 Å². The molecule has 0 saturated heterocycles. The smallest absolute Gasteiger partial charge is 0.230 e. The van der Waals surface area contributed by atoms with Crippen molar-refractivity contribution in [2.45, 2.75) is 32.1 Å². The molecule has 1 rings (SSSR count). The van der Waals surface area contributed by atoms with Crippen LogP contribution < -0.4 is 11.1 Å². The molecule has 0 heterocycles.